The van der Waals surface area contributed by atoms with E-state index in [4.69, 9.17) is 4.74 Å². The van der Waals surface area contributed by atoms with E-state index in [1.165, 1.54) is 11.1 Å². The molecule has 0 aromatic heterocycles. The maximum Gasteiger partial charge on any atom is 0.271 e. The molecule has 176 valence electrons. The molecule has 1 fully saturated rings. The Bertz CT molecular complexity index is 1130. The molecule has 0 unspecified atom stereocenters. The van der Waals surface area contributed by atoms with Gasteiger partial charge >= 0.3 is 0 Å². The van der Waals surface area contributed by atoms with Crippen LogP contribution in [0.2, 0.25) is 0 Å². The smallest absolute Gasteiger partial charge is 0.271 e. The van der Waals surface area contributed by atoms with Gasteiger partial charge in [0, 0.05) is 38.3 Å². The van der Waals surface area contributed by atoms with Crippen molar-refractivity contribution in [1.82, 2.24) is 10.3 Å². The molecule has 1 aliphatic heterocycles. The van der Waals surface area contributed by atoms with Gasteiger partial charge in [-0.2, -0.15) is 5.10 Å². The maximum absolute atomic E-state index is 12.5. The lowest BCUT2D eigenvalue weighted by Crippen LogP contribution is -2.46. The van der Waals surface area contributed by atoms with Gasteiger partial charge in [0.05, 0.1) is 18.5 Å². The molecule has 1 N–H and O–H groups in total. The summed E-state index contributed by atoms with van der Waals surface area (Å²) < 4.78 is 5.51. The number of ether oxygens (including phenoxy) is 1. The van der Waals surface area contributed by atoms with Gasteiger partial charge in [-0.05, 0) is 49.2 Å². The largest absolute Gasteiger partial charge is 0.495 e. The number of anilines is 1. The zero-order valence-electron chi connectivity index (χ0n) is 20.1. The fourth-order valence-corrected chi connectivity index (χ4v) is 4.12. The summed E-state index contributed by atoms with van der Waals surface area (Å²) in [4.78, 5) is 17.3. The Labute approximate surface area is 201 Å². The molecule has 0 radical (unpaired) electrons. The topological polar surface area (TPSA) is 57.2 Å². The minimum atomic E-state index is -0.205. The second-order valence-electron chi connectivity index (χ2n) is 8.64. The molecule has 0 spiro atoms. The lowest BCUT2D eigenvalue weighted by atomic mass is 10.1. The fraction of sp³-hybridized carbons (Fsp3) is 0.286. The van der Waals surface area contributed by atoms with E-state index in [0.29, 0.717) is 5.56 Å². The molecule has 0 bridgehead atoms. The Morgan fingerprint density at radius 2 is 1.56 bits per heavy atom. The van der Waals surface area contributed by atoms with E-state index in [-0.39, 0.29) is 5.91 Å². The number of benzene rings is 3. The molecule has 3 aromatic rings. The number of methoxy groups -OCH3 is 1. The number of hydrogen-bond acceptors (Lipinski definition) is 5. The molecule has 1 amide bonds. The molecule has 0 saturated carbocycles. The lowest BCUT2D eigenvalue weighted by Gasteiger charge is -2.36. The zero-order chi connectivity index (χ0) is 23.9. The normalized spacial score (nSPS) is 14.7. The highest BCUT2D eigenvalue weighted by Gasteiger charge is 2.19. The van der Waals surface area contributed by atoms with Crippen LogP contribution in [0.5, 0.6) is 5.75 Å². The molecule has 6 nitrogen and oxygen atoms in total. The Kier molecular flexibility index (Phi) is 7.60. The highest BCUT2D eigenvalue weighted by Crippen LogP contribution is 2.28. The van der Waals surface area contributed by atoms with E-state index in [2.05, 4.69) is 32.5 Å². The Balaban J connectivity index is 1.29. The SMILES string of the molecule is COc1ccccc1N1CCN(Cc2ccc(C(=O)N/N=C(/C)c3ccc(C)cc3)cc2)CC1. The molecular weight excluding hydrogens is 424 g/mol. The number of rotatable bonds is 7. The second-order valence-corrected chi connectivity index (χ2v) is 8.64. The van der Waals surface area contributed by atoms with Crippen LogP contribution in [0, 0.1) is 6.92 Å². The number of piperazine rings is 1. The zero-order valence-corrected chi connectivity index (χ0v) is 20.1. The van der Waals surface area contributed by atoms with Crippen LogP contribution in [0.4, 0.5) is 5.69 Å². The number of aryl methyl sites for hydroxylation is 1. The summed E-state index contributed by atoms with van der Waals surface area (Å²) in [7, 11) is 1.72. The molecule has 1 heterocycles. The van der Waals surface area contributed by atoms with Gasteiger partial charge in [-0.1, -0.05) is 54.1 Å². The molecule has 4 rings (SSSR count). The van der Waals surface area contributed by atoms with Crippen molar-refractivity contribution in [2.45, 2.75) is 20.4 Å². The molecule has 0 aliphatic carbocycles. The van der Waals surface area contributed by atoms with Gasteiger partial charge in [0.25, 0.3) is 5.91 Å². The quantitative estimate of drug-likeness (QED) is 0.421. The Morgan fingerprint density at radius 1 is 0.912 bits per heavy atom. The summed E-state index contributed by atoms with van der Waals surface area (Å²) >= 11 is 0. The number of carbonyl (C=O) groups excluding carboxylic acids is 1. The monoisotopic (exact) mass is 456 g/mol. The van der Waals surface area contributed by atoms with Crippen LogP contribution in [0.1, 0.15) is 34.0 Å². The van der Waals surface area contributed by atoms with Crippen molar-refractivity contribution in [1.29, 1.82) is 0 Å². The maximum atomic E-state index is 12.5. The van der Waals surface area contributed by atoms with E-state index in [0.717, 1.165) is 55.4 Å². The van der Waals surface area contributed by atoms with Crippen LogP contribution >= 0.6 is 0 Å². The number of hydrogen-bond donors (Lipinski definition) is 1. The van der Waals surface area contributed by atoms with Crippen LogP contribution in [-0.4, -0.2) is 49.8 Å². The molecular formula is C28H32N4O2. The molecule has 0 atom stereocenters. The third kappa shape index (κ3) is 5.83. The number of nitrogens with one attached hydrogen (secondary N) is 1. The van der Waals surface area contributed by atoms with Gasteiger partial charge in [-0.25, -0.2) is 5.43 Å². The summed E-state index contributed by atoms with van der Waals surface area (Å²) in [6.07, 6.45) is 0. The van der Waals surface area contributed by atoms with Crippen LogP contribution in [0.3, 0.4) is 0 Å². The molecule has 1 saturated heterocycles. The summed E-state index contributed by atoms with van der Waals surface area (Å²) in [5.41, 5.74) is 8.58. The predicted molar refractivity (Wildman–Crippen MR) is 138 cm³/mol. The summed E-state index contributed by atoms with van der Waals surface area (Å²) in [5.74, 6) is 0.714. The fourth-order valence-electron chi connectivity index (χ4n) is 4.12. The van der Waals surface area contributed by atoms with Crippen molar-refractivity contribution in [3.8, 4) is 5.75 Å². The first-order valence-corrected chi connectivity index (χ1v) is 11.6. The first-order chi connectivity index (χ1) is 16.5. The number of hydrazone groups is 1. The lowest BCUT2D eigenvalue weighted by molar-refractivity contribution is 0.0955. The average Bonchev–Trinajstić information content (AvgIpc) is 2.88. The van der Waals surface area contributed by atoms with Crippen LogP contribution in [-0.2, 0) is 6.54 Å². The number of amides is 1. The first-order valence-electron chi connectivity index (χ1n) is 11.6. The van der Waals surface area contributed by atoms with Crippen molar-refractivity contribution in [3.63, 3.8) is 0 Å². The second kappa shape index (κ2) is 11.0. The van der Waals surface area contributed by atoms with Gasteiger partial charge in [-0.15, -0.1) is 0 Å². The molecule has 6 heteroatoms. The van der Waals surface area contributed by atoms with Crippen LogP contribution < -0.4 is 15.1 Å². The van der Waals surface area contributed by atoms with E-state index in [9.17, 15) is 4.79 Å². The highest BCUT2D eigenvalue weighted by atomic mass is 16.5. The van der Waals surface area contributed by atoms with Gasteiger partial charge < -0.3 is 9.64 Å². The van der Waals surface area contributed by atoms with E-state index < -0.39 is 0 Å². The van der Waals surface area contributed by atoms with Gasteiger partial charge in [0.15, 0.2) is 0 Å². The van der Waals surface area contributed by atoms with Gasteiger partial charge in [-0.3, -0.25) is 9.69 Å². The molecule has 3 aromatic carbocycles. The number of nitrogens with zero attached hydrogens (tertiary/aromatic N) is 3. The standard InChI is InChI=1S/C28H32N4O2/c1-21-8-12-24(13-9-21)22(2)29-30-28(33)25-14-10-23(11-15-25)20-31-16-18-32(19-17-31)26-6-4-5-7-27(26)34-3/h4-15H,16-20H2,1-3H3,(H,30,33)/b29-22-. The summed E-state index contributed by atoms with van der Waals surface area (Å²) in [5, 5.41) is 4.26. The van der Waals surface area contributed by atoms with Crippen molar-refractivity contribution in [3.05, 3.63) is 95.1 Å². The Hall–Kier alpha value is -3.64. The van der Waals surface area contributed by atoms with Crippen LogP contribution in [0.15, 0.2) is 77.9 Å². The minimum Gasteiger partial charge on any atom is -0.495 e. The van der Waals surface area contributed by atoms with Crippen molar-refractivity contribution in [2.75, 3.05) is 38.2 Å². The van der Waals surface area contributed by atoms with Crippen molar-refractivity contribution in [2.24, 2.45) is 5.10 Å². The molecule has 34 heavy (non-hydrogen) atoms. The highest BCUT2D eigenvalue weighted by molar-refractivity contribution is 6.00. The third-order valence-corrected chi connectivity index (χ3v) is 6.21. The number of carbonyl (C=O) groups is 1. The first kappa shape index (κ1) is 23.5. The van der Waals surface area contributed by atoms with E-state index >= 15 is 0 Å². The predicted octanol–water partition coefficient (Wildman–Crippen LogP) is 4.48. The summed E-state index contributed by atoms with van der Waals surface area (Å²) in [6.45, 7) is 8.68. The van der Waals surface area contributed by atoms with Gasteiger partial charge in [0.2, 0.25) is 0 Å². The van der Waals surface area contributed by atoms with E-state index in [1.807, 2.05) is 74.5 Å². The third-order valence-electron chi connectivity index (χ3n) is 6.21. The number of para-hydroxylation sites is 2. The summed E-state index contributed by atoms with van der Waals surface area (Å²) in [6, 6.07) is 24.0. The average molecular weight is 457 g/mol. The minimum absolute atomic E-state index is 0.205. The van der Waals surface area contributed by atoms with E-state index in [1.54, 1.807) is 7.11 Å². The van der Waals surface area contributed by atoms with Gasteiger partial charge in [0.1, 0.15) is 5.75 Å². The van der Waals surface area contributed by atoms with Crippen LogP contribution in [0.25, 0.3) is 0 Å². The molecule has 1 aliphatic rings. The van der Waals surface area contributed by atoms with Crippen molar-refractivity contribution >= 4 is 17.3 Å². The van der Waals surface area contributed by atoms with Crippen molar-refractivity contribution < 1.29 is 9.53 Å². The Morgan fingerprint density at radius 3 is 2.24 bits per heavy atom.